The van der Waals surface area contributed by atoms with E-state index in [1.165, 1.54) is 22.8 Å². The van der Waals surface area contributed by atoms with Gasteiger partial charge in [0.25, 0.3) is 5.91 Å². The quantitative estimate of drug-likeness (QED) is 0.634. The Kier molecular flexibility index (Phi) is 1.91. The monoisotopic (exact) mass is 157 g/mol. The van der Waals surface area contributed by atoms with Crippen molar-refractivity contribution < 1.29 is 9.90 Å². The summed E-state index contributed by atoms with van der Waals surface area (Å²) in [5.41, 5.74) is 0. The van der Waals surface area contributed by atoms with E-state index in [2.05, 4.69) is 5.32 Å². The van der Waals surface area contributed by atoms with Gasteiger partial charge in [-0.25, -0.2) is 0 Å². The summed E-state index contributed by atoms with van der Waals surface area (Å²) in [7, 11) is 1.55. The molecule has 0 atom stereocenters. The maximum absolute atomic E-state index is 10.8. The lowest BCUT2D eigenvalue weighted by Crippen LogP contribution is -2.15. The second-order valence-electron chi connectivity index (χ2n) is 1.75. The Morgan fingerprint density at radius 1 is 1.80 bits per heavy atom. The molecule has 0 aromatic carbocycles. The molecule has 0 aliphatic rings. The van der Waals surface area contributed by atoms with Crippen LogP contribution in [0.15, 0.2) is 11.4 Å². The molecule has 10 heavy (non-hydrogen) atoms. The highest BCUT2D eigenvalue weighted by molar-refractivity contribution is 7.12. The van der Waals surface area contributed by atoms with Gasteiger partial charge in [-0.2, -0.15) is 0 Å². The molecular formula is C6H7NO2S. The predicted octanol–water partition coefficient (Wildman–Crippen LogP) is 0.813. The first-order chi connectivity index (χ1) is 4.74. The van der Waals surface area contributed by atoms with Gasteiger partial charge >= 0.3 is 0 Å². The number of nitrogens with one attached hydrogen (secondary N) is 1. The van der Waals surface area contributed by atoms with E-state index >= 15 is 0 Å². The lowest BCUT2D eigenvalue weighted by atomic mass is 10.4. The summed E-state index contributed by atoms with van der Waals surface area (Å²) >= 11 is 1.22. The Balaban J connectivity index is 2.85. The van der Waals surface area contributed by atoms with Crippen LogP contribution in [0.25, 0.3) is 0 Å². The van der Waals surface area contributed by atoms with Gasteiger partial charge in [0, 0.05) is 18.5 Å². The van der Waals surface area contributed by atoms with E-state index in [1.54, 1.807) is 7.05 Å². The van der Waals surface area contributed by atoms with Crippen LogP contribution in [0.3, 0.4) is 0 Å². The van der Waals surface area contributed by atoms with Crippen LogP contribution in [0.4, 0.5) is 0 Å². The summed E-state index contributed by atoms with van der Waals surface area (Å²) in [5.74, 6) is -0.0195. The molecule has 0 saturated heterocycles. The van der Waals surface area contributed by atoms with Gasteiger partial charge in [-0.1, -0.05) is 0 Å². The number of hydrogen-bond acceptors (Lipinski definition) is 3. The number of aromatic hydroxyl groups is 1. The van der Waals surface area contributed by atoms with Crippen LogP contribution in [-0.2, 0) is 0 Å². The molecule has 1 heterocycles. The Labute approximate surface area is 62.3 Å². The van der Waals surface area contributed by atoms with E-state index in [0.717, 1.165) is 0 Å². The molecule has 0 radical (unpaired) electrons. The highest BCUT2D eigenvalue weighted by Gasteiger charge is 2.04. The molecule has 1 aromatic rings. The fourth-order valence-corrected chi connectivity index (χ4v) is 1.28. The number of rotatable bonds is 1. The molecule has 2 N–H and O–H groups in total. The zero-order valence-electron chi connectivity index (χ0n) is 5.42. The van der Waals surface area contributed by atoms with Crippen LogP contribution >= 0.6 is 11.3 Å². The molecule has 1 aromatic heterocycles. The second kappa shape index (κ2) is 2.70. The largest absolute Gasteiger partial charge is 0.507 e. The lowest BCUT2D eigenvalue weighted by Gasteiger charge is -1.90. The van der Waals surface area contributed by atoms with Gasteiger partial charge < -0.3 is 10.4 Å². The van der Waals surface area contributed by atoms with Crippen molar-refractivity contribution in [3.63, 3.8) is 0 Å². The van der Waals surface area contributed by atoms with Crippen molar-refractivity contribution in [3.05, 3.63) is 16.3 Å². The fraction of sp³-hybridized carbons (Fsp3) is 0.167. The molecule has 1 rings (SSSR count). The van der Waals surface area contributed by atoms with Crippen LogP contribution in [0, 0.1) is 0 Å². The molecule has 0 fully saturated rings. The average Bonchev–Trinajstić information content (AvgIpc) is 2.34. The summed E-state index contributed by atoms with van der Waals surface area (Å²) < 4.78 is 0. The van der Waals surface area contributed by atoms with Crippen LogP contribution in [0.1, 0.15) is 9.67 Å². The molecule has 3 nitrogen and oxygen atoms in total. The molecule has 1 amide bonds. The van der Waals surface area contributed by atoms with Gasteiger partial charge in [-0.15, -0.1) is 11.3 Å². The number of carbonyl (C=O) groups is 1. The van der Waals surface area contributed by atoms with Crippen molar-refractivity contribution in [2.45, 2.75) is 0 Å². The highest BCUT2D eigenvalue weighted by atomic mass is 32.1. The van der Waals surface area contributed by atoms with Gasteiger partial charge in [0.2, 0.25) is 0 Å². The van der Waals surface area contributed by atoms with E-state index < -0.39 is 0 Å². The molecule has 0 spiro atoms. The maximum atomic E-state index is 10.8. The molecule has 4 heteroatoms. The third-order valence-electron chi connectivity index (χ3n) is 1.04. The number of hydrogen-bond donors (Lipinski definition) is 2. The van der Waals surface area contributed by atoms with Crippen molar-refractivity contribution in [2.24, 2.45) is 0 Å². The minimum absolute atomic E-state index is 0.142. The minimum atomic E-state index is -0.162. The van der Waals surface area contributed by atoms with Crippen molar-refractivity contribution in [3.8, 4) is 5.75 Å². The minimum Gasteiger partial charge on any atom is -0.507 e. The topological polar surface area (TPSA) is 49.3 Å². The zero-order valence-corrected chi connectivity index (χ0v) is 6.23. The Morgan fingerprint density at radius 2 is 2.50 bits per heavy atom. The van der Waals surface area contributed by atoms with E-state index in [9.17, 15) is 4.79 Å². The standard InChI is InChI=1S/C6H7NO2S/c1-7-6(9)5-2-4(8)3-10-5/h2-3,8H,1H3,(H,7,9). The number of thiophene rings is 1. The van der Waals surface area contributed by atoms with Gasteiger partial charge in [0.15, 0.2) is 0 Å². The van der Waals surface area contributed by atoms with Crippen molar-refractivity contribution in [1.29, 1.82) is 0 Å². The van der Waals surface area contributed by atoms with Crippen molar-refractivity contribution in [1.82, 2.24) is 5.32 Å². The average molecular weight is 157 g/mol. The fourth-order valence-electron chi connectivity index (χ4n) is 0.568. The van der Waals surface area contributed by atoms with E-state index in [1.807, 2.05) is 0 Å². The molecule has 0 aliphatic carbocycles. The van der Waals surface area contributed by atoms with Crippen molar-refractivity contribution >= 4 is 17.2 Å². The first kappa shape index (κ1) is 7.08. The molecule has 54 valence electrons. The predicted molar refractivity (Wildman–Crippen MR) is 39.4 cm³/mol. The summed E-state index contributed by atoms with van der Waals surface area (Å²) in [6.45, 7) is 0. The normalized spacial score (nSPS) is 9.30. The van der Waals surface area contributed by atoms with Crippen LogP contribution in [0.2, 0.25) is 0 Å². The summed E-state index contributed by atoms with van der Waals surface area (Å²) in [4.78, 5) is 11.3. The lowest BCUT2D eigenvalue weighted by molar-refractivity contribution is 0.0967. The van der Waals surface area contributed by atoms with E-state index in [4.69, 9.17) is 5.11 Å². The first-order valence-corrected chi connectivity index (χ1v) is 3.61. The highest BCUT2D eigenvalue weighted by Crippen LogP contribution is 2.19. The van der Waals surface area contributed by atoms with Crippen LogP contribution < -0.4 is 5.32 Å². The number of amides is 1. The number of carbonyl (C=O) groups excluding carboxylic acids is 1. The van der Waals surface area contributed by atoms with Crippen molar-refractivity contribution in [2.75, 3.05) is 7.05 Å². The molecule has 0 saturated carbocycles. The van der Waals surface area contributed by atoms with E-state index in [0.29, 0.717) is 4.88 Å². The SMILES string of the molecule is CNC(=O)c1cc(O)cs1. The van der Waals surface area contributed by atoms with Gasteiger partial charge in [0.1, 0.15) is 5.75 Å². The van der Waals surface area contributed by atoms with Gasteiger partial charge in [-0.05, 0) is 0 Å². The Bertz CT molecular complexity index is 244. The Morgan fingerprint density at radius 3 is 2.90 bits per heavy atom. The van der Waals surface area contributed by atoms with Gasteiger partial charge in [-0.3, -0.25) is 4.79 Å². The zero-order chi connectivity index (χ0) is 7.56. The molecule has 0 unspecified atom stereocenters. The molecule has 0 bridgehead atoms. The maximum Gasteiger partial charge on any atom is 0.261 e. The smallest absolute Gasteiger partial charge is 0.261 e. The second-order valence-corrected chi connectivity index (χ2v) is 2.66. The molecule has 0 aliphatic heterocycles. The third kappa shape index (κ3) is 1.27. The van der Waals surface area contributed by atoms with Gasteiger partial charge in [0.05, 0.1) is 4.88 Å². The first-order valence-electron chi connectivity index (χ1n) is 2.73. The summed E-state index contributed by atoms with van der Waals surface area (Å²) in [6.07, 6.45) is 0. The Hall–Kier alpha value is -1.03. The third-order valence-corrected chi connectivity index (χ3v) is 1.95. The van der Waals surface area contributed by atoms with E-state index in [-0.39, 0.29) is 11.7 Å². The molecular weight excluding hydrogens is 150 g/mol. The van der Waals surface area contributed by atoms with Crippen LogP contribution in [-0.4, -0.2) is 18.1 Å². The summed E-state index contributed by atoms with van der Waals surface area (Å²) in [6, 6.07) is 1.43. The summed E-state index contributed by atoms with van der Waals surface area (Å²) in [5, 5.41) is 12.8. The van der Waals surface area contributed by atoms with Crippen LogP contribution in [0.5, 0.6) is 5.75 Å².